The zero-order valence-corrected chi connectivity index (χ0v) is 35.3. The summed E-state index contributed by atoms with van der Waals surface area (Å²) in [5.41, 5.74) is 8.80. The van der Waals surface area contributed by atoms with E-state index in [1.54, 1.807) is 0 Å². The molecule has 4 aliphatic rings. The summed E-state index contributed by atoms with van der Waals surface area (Å²) in [6.07, 6.45) is 30.9. The molecule has 1 aromatic heterocycles. The number of unbranched alkanes of at least 4 members (excludes halogenated alkanes) is 4. The Morgan fingerprint density at radius 3 is 2.52 bits per heavy atom. The number of aromatic nitrogens is 1. The van der Waals surface area contributed by atoms with Crippen LogP contribution in [0.1, 0.15) is 173 Å². The number of aliphatic hydroxyl groups excluding tert-OH is 2. The number of rotatable bonds is 23. The van der Waals surface area contributed by atoms with E-state index in [2.05, 4.69) is 61.6 Å². The van der Waals surface area contributed by atoms with Crippen LogP contribution in [0.2, 0.25) is 0 Å². The summed E-state index contributed by atoms with van der Waals surface area (Å²) in [4.78, 5) is 16.0. The summed E-state index contributed by atoms with van der Waals surface area (Å²) in [6.45, 7) is 7.72. The third kappa shape index (κ3) is 13.2. The molecule has 10 atom stereocenters. The summed E-state index contributed by atoms with van der Waals surface area (Å²) in [6, 6.07) is 2.32. The molecule has 8 nitrogen and oxygen atoms in total. The average molecular weight is 778 g/mol. The van der Waals surface area contributed by atoms with Gasteiger partial charge in [0.25, 0.3) is 0 Å². The third-order valence-corrected chi connectivity index (χ3v) is 14.6. The van der Waals surface area contributed by atoms with Gasteiger partial charge in [0, 0.05) is 24.4 Å². The Hall–Kier alpha value is -2.55. The molecule has 1 aromatic rings. The zero-order chi connectivity index (χ0) is 40.1. The molecule has 56 heavy (non-hydrogen) atoms. The first-order valence-electron chi connectivity index (χ1n) is 23.0. The molecule has 0 radical (unpaired) electrons. The minimum atomic E-state index is -1.01. The van der Waals surface area contributed by atoms with E-state index in [-0.39, 0.29) is 30.3 Å². The molecule has 8 N–H and O–H groups in total. The predicted octanol–water partition coefficient (Wildman–Crippen LogP) is 9.67. The Balaban J connectivity index is 1.14. The monoisotopic (exact) mass is 778 g/mol. The summed E-state index contributed by atoms with van der Waals surface area (Å²) in [7, 11) is 0. The molecule has 0 aromatic carbocycles. The van der Waals surface area contributed by atoms with Crippen LogP contribution in [-0.4, -0.2) is 55.7 Å². The van der Waals surface area contributed by atoms with Crippen LogP contribution in [0.5, 0.6) is 0 Å². The SMILES string of the molecule is CCCCC[C@@H]1C=C[C@@H](CCCCC[C@H](C(=O)O)[C@H](O)CC[C@@]2(O)C[C@@H](CC3=CCNC(N)=C3)C[C@H]2Cc2cc([C@H](C)C[C@H](C)C3CCCCC3)c[nH]2)[C@H](O)C1. The highest BCUT2D eigenvalue weighted by Gasteiger charge is 2.46. The van der Waals surface area contributed by atoms with Crippen molar-refractivity contribution >= 4 is 5.97 Å². The number of nitrogens with two attached hydrogens (primary N) is 1. The third-order valence-electron chi connectivity index (χ3n) is 14.6. The Morgan fingerprint density at radius 2 is 1.79 bits per heavy atom. The molecule has 1 aliphatic heterocycles. The number of carbonyl (C=O) groups is 1. The highest BCUT2D eigenvalue weighted by atomic mass is 16.4. The molecule has 5 rings (SSSR count). The van der Waals surface area contributed by atoms with Crippen molar-refractivity contribution in [1.29, 1.82) is 0 Å². The topological polar surface area (TPSA) is 152 Å². The number of aliphatic hydroxyl groups is 3. The van der Waals surface area contributed by atoms with E-state index in [0.29, 0.717) is 43.5 Å². The molecule has 2 heterocycles. The van der Waals surface area contributed by atoms with Crippen LogP contribution >= 0.6 is 0 Å². The van der Waals surface area contributed by atoms with E-state index >= 15 is 0 Å². The number of allylic oxidation sites excluding steroid dienone is 3. The molecule has 0 spiro atoms. The van der Waals surface area contributed by atoms with Crippen molar-refractivity contribution in [3.63, 3.8) is 0 Å². The number of hydrogen-bond acceptors (Lipinski definition) is 6. The van der Waals surface area contributed by atoms with Gasteiger partial charge in [0.1, 0.15) is 0 Å². The van der Waals surface area contributed by atoms with Gasteiger partial charge in [-0.25, -0.2) is 0 Å². The Kier molecular flexibility index (Phi) is 17.5. The first-order valence-corrected chi connectivity index (χ1v) is 23.0. The predicted molar refractivity (Wildman–Crippen MR) is 228 cm³/mol. The Morgan fingerprint density at radius 1 is 1.00 bits per heavy atom. The van der Waals surface area contributed by atoms with E-state index in [0.717, 1.165) is 75.3 Å². The standard InChI is InChI=1S/C48H79N3O5/c1-4-5-8-13-35-18-19-39(45(53)27-35)16-11-7-12-17-43(47(54)55)44(52)20-22-48(56)31-37(25-36-21-23-50-46(49)28-36)26-41(48)30-42-29-40(32-51-42)34(3)24-33(2)38-14-9-6-10-15-38/h18-19,21,28-29,32-35,37-39,41,43-45,50-53,56H,4-17,20,22-27,30-31,49H2,1-3H3,(H,54,55)/t33-,34+,35+,37-,39+,41-,43-,44+,45+,48+/m0/s1. The van der Waals surface area contributed by atoms with Gasteiger partial charge in [-0.05, 0) is 129 Å². The van der Waals surface area contributed by atoms with Gasteiger partial charge in [0.15, 0.2) is 0 Å². The number of H-pyrrole nitrogens is 1. The number of nitrogens with one attached hydrogen (secondary N) is 2. The lowest BCUT2D eigenvalue weighted by atomic mass is 9.76. The number of aliphatic carboxylic acids is 1. The second-order valence-electron chi connectivity index (χ2n) is 19.0. The van der Waals surface area contributed by atoms with E-state index in [9.17, 15) is 25.2 Å². The second-order valence-corrected chi connectivity index (χ2v) is 19.0. The largest absolute Gasteiger partial charge is 0.481 e. The lowest BCUT2D eigenvalue weighted by Crippen LogP contribution is -2.37. The average Bonchev–Trinajstić information content (AvgIpc) is 3.77. The lowest BCUT2D eigenvalue weighted by molar-refractivity contribution is -0.146. The van der Waals surface area contributed by atoms with Crippen molar-refractivity contribution in [3.05, 3.63) is 59.2 Å². The fourth-order valence-electron chi connectivity index (χ4n) is 11.1. The maximum atomic E-state index is 12.4. The maximum Gasteiger partial charge on any atom is 0.309 e. The Labute approximate surface area is 339 Å². The number of dihydropyridines is 1. The molecule has 3 aliphatic carbocycles. The fourth-order valence-corrected chi connectivity index (χ4v) is 11.1. The summed E-state index contributed by atoms with van der Waals surface area (Å²) in [5, 5.41) is 47.8. The van der Waals surface area contributed by atoms with Gasteiger partial charge in [-0.2, -0.15) is 0 Å². The first kappa shape index (κ1) is 44.6. The minimum Gasteiger partial charge on any atom is -0.481 e. The number of hydrogen-bond donors (Lipinski definition) is 7. The van der Waals surface area contributed by atoms with Gasteiger partial charge in [0.05, 0.1) is 29.5 Å². The fraction of sp³-hybridized carbons (Fsp3) is 0.771. The molecule has 0 unspecified atom stereocenters. The normalized spacial score (nSPS) is 29.3. The van der Waals surface area contributed by atoms with Gasteiger partial charge in [-0.1, -0.05) is 110 Å². The van der Waals surface area contributed by atoms with Crippen LogP contribution in [-0.2, 0) is 11.2 Å². The molecule has 8 heteroatoms. The molecule has 0 saturated heterocycles. The van der Waals surface area contributed by atoms with Crippen molar-refractivity contribution in [3.8, 4) is 0 Å². The summed E-state index contributed by atoms with van der Waals surface area (Å²) in [5.74, 6) is 1.85. The van der Waals surface area contributed by atoms with Crippen molar-refractivity contribution in [1.82, 2.24) is 10.3 Å². The van der Waals surface area contributed by atoms with Crippen LogP contribution in [0.3, 0.4) is 0 Å². The molecular weight excluding hydrogens is 699 g/mol. The quantitative estimate of drug-likeness (QED) is 0.0432. The highest BCUT2D eigenvalue weighted by molar-refractivity contribution is 5.70. The van der Waals surface area contributed by atoms with Crippen LogP contribution in [0, 0.1) is 41.4 Å². The molecule has 316 valence electrons. The lowest BCUT2D eigenvalue weighted by Gasteiger charge is -2.32. The minimum absolute atomic E-state index is 0.00500. The van der Waals surface area contributed by atoms with E-state index in [1.165, 1.54) is 68.9 Å². The van der Waals surface area contributed by atoms with E-state index < -0.39 is 23.6 Å². The van der Waals surface area contributed by atoms with Crippen LogP contribution in [0.4, 0.5) is 0 Å². The van der Waals surface area contributed by atoms with Gasteiger partial charge in [-0.15, -0.1) is 0 Å². The van der Waals surface area contributed by atoms with E-state index in [4.69, 9.17) is 5.73 Å². The number of carboxylic acid groups (broad SMARTS) is 1. The van der Waals surface area contributed by atoms with Crippen molar-refractivity contribution in [2.75, 3.05) is 6.54 Å². The van der Waals surface area contributed by atoms with Crippen molar-refractivity contribution in [2.45, 2.75) is 186 Å². The Bertz CT molecular complexity index is 1430. The smallest absolute Gasteiger partial charge is 0.309 e. The van der Waals surface area contributed by atoms with Crippen molar-refractivity contribution < 1.29 is 25.2 Å². The van der Waals surface area contributed by atoms with Crippen LogP contribution in [0.15, 0.2) is 48.0 Å². The van der Waals surface area contributed by atoms with Crippen LogP contribution < -0.4 is 11.1 Å². The molecular formula is C48H79N3O5. The number of aromatic amines is 1. The van der Waals surface area contributed by atoms with Gasteiger partial charge in [-0.3, -0.25) is 4.79 Å². The van der Waals surface area contributed by atoms with Crippen molar-refractivity contribution in [2.24, 2.45) is 47.2 Å². The number of carboxylic acids is 1. The molecule has 0 amide bonds. The van der Waals surface area contributed by atoms with Gasteiger partial charge >= 0.3 is 5.97 Å². The van der Waals surface area contributed by atoms with Gasteiger partial charge < -0.3 is 36.5 Å². The molecule has 2 saturated carbocycles. The second kappa shape index (κ2) is 22.0. The first-order chi connectivity index (χ1) is 26.9. The highest BCUT2D eigenvalue weighted by Crippen LogP contribution is 2.47. The summed E-state index contributed by atoms with van der Waals surface area (Å²) >= 11 is 0. The van der Waals surface area contributed by atoms with E-state index in [1.807, 2.05) is 6.08 Å². The molecule has 2 fully saturated rings. The summed E-state index contributed by atoms with van der Waals surface area (Å²) < 4.78 is 0. The van der Waals surface area contributed by atoms with Gasteiger partial charge in [0.2, 0.25) is 0 Å². The van der Waals surface area contributed by atoms with Crippen LogP contribution in [0.25, 0.3) is 0 Å². The maximum absolute atomic E-state index is 12.4. The molecule has 0 bridgehead atoms. The zero-order valence-electron chi connectivity index (χ0n) is 35.3.